The summed E-state index contributed by atoms with van der Waals surface area (Å²) in [5.41, 5.74) is 0.442. The second kappa shape index (κ2) is 8.92. The van der Waals surface area contributed by atoms with E-state index in [9.17, 15) is 18.8 Å². The molecule has 1 aliphatic rings. The summed E-state index contributed by atoms with van der Waals surface area (Å²) in [7, 11) is 0. The summed E-state index contributed by atoms with van der Waals surface area (Å²) in [4.78, 5) is 40.5. The number of hydrogen-bond acceptors (Lipinski definition) is 7. The number of ether oxygens (including phenoxy) is 2. The van der Waals surface area contributed by atoms with Crippen LogP contribution in [-0.2, 0) is 20.9 Å². The quantitative estimate of drug-likeness (QED) is 0.559. The van der Waals surface area contributed by atoms with Crippen LogP contribution >= 0.6 is 0 Å². The van der Waals surface area contributed by atoms with E-state index in [1.165, 1.54) is 47.3 Å². The van der Waals surface area contributed by atoms with Crippen molar-refractivity contribution in [1.29, 1.82) is 0 Å². The van der Waals surface area contributed by atoms with E-state index in [0.717, 1.165) is 0 Å². The van der Waals surface area contributed by atoms with Crippen molar-refractivity contribution in [3.05, 3.63) is 66.4 Å². The van der Waals surface area contributed by atoms with Crippen LogP contribution in [0.1, 0.15) is 23.2 Å². The molecule has 1 aromatic carbocycles. The Labute approximate surface area is 181 Å². The number of imidazole rings is 1. The van der Waals surface area contributed by atoms with Crippen LogP contribution < -0.4 is 10.2 Å². The van der Waals surface area contributed by atoms with Gasteiger partial charge >= 0.3 is 12.1 Å². The van der Waals surface area contributed by atoms with Gasteiger partial charge in [0.25, 0.3) is 0 Å². The van der Waals surface area contributed by atoms with Crippen molar-refractivity contribution in [2.45, 2.75) is 19.6 Å². The maximum Gasteiger partial charge on any atom is 0.414 e. The molecule has 0 radical (unpaired) electrons. The Bertz CT molecular complexity index is 1140. The molecule has 0 spiro atoms. The topological polar surface area (TPSA) is 116 Å². The van der Waals surface area contributed by atoms with E-state index < -0.39 is 24.0 Å². The largest absolute Gasteiger partial charge is 0.466 e. The summed E-state index contributed by atoms with van der Waals surface area (Å²) in [6.45, 7) is 1.67. The molecule has 0 bridgehead atoms. The number of nitrogens with one attached hydrogen (secondary N) is 1. The minimum absolute atomic E-state index is 0.00367. The molecule has 1 N–H and O–H groups in total. The number of aromatic nitrogens is 2. The molecule has 3 heterocycles. The van der Waals surface area contributed by atoms with E-state index >= 15 is 0 Å². The van der Waals surface area contributed by atoms with Crippen LogP contribution in [0.5, 0.6) is 0 Å². The molecule has 2 aromatic heterocycles. The zero-order valence-corrected chi connectivity index (χ0v) is 17.0. The molecule has 11 heteroatoms. The lowest BCUT2D eigenvalue weighted by molar-refractivity contribution is -0.119. The average molecular weight is 442 g/mol. The van der Waals surface area contributed by atoms with Gasteiger partial charge in [0.1, 0.15) is 30.6 Å². The maximum atomic E-state index is 14.8. The molecular weight excluding hydrogens is 423 g/mol. The van der Waals surface area contributed by atoms with Gasteiger partial charge in [0.05, 0.1) is 30.7 Å². The fourth-order valence-corrected chi connectivity index (χ4v) is 3.13. The number of amides is 2. The lowest BCUT2D eigenvalue weighted by Crippen LogP contribution is -2.33. The highest BCUT2D eigenvalue weighted by molar-refractivity contribution is 5.90. The van der Waals surface area contributed by atoms with Crippen molar-refractivity contribution < 1.29 is 32.7 Å². The van der Waals surface area contributed by atoms with Crippen molar-refractivity contribution in [2.75, 3.05) is 18.0 Å². The van der Waals surface area contributed by atoms with Crippen LogP contribution in [0.25, 0.3) is 5.69 Å². The third kappa shape index (κ3) is 4.61. The fraction of sp³-hybridized carbons (Fsp3) is 0.238. The molecule has 3 aromatic rings. The number of furan rings is 1. The second-order valence-electron chi connectivity index (χ2n) is 7.01. The van der Waals surface area contributed by atoms with Crippen LogP contribution in [0.4, 0.5) is 14.9 Å². The van der Waals surface area contributed by atoms with E-state index in [1.807, 2.05) is 0 Å². The first-order valence-electron chi connectivity index (χ1n) is 9.66. The van der Waals surface area contributed by atoms with E-state index in [1.54, 1.807) is 18.2 Å². The van der Waals surface area contributed by atoms with Gasteiger partial charge in [0.15, 0.2) is 5.69 Å². The van der Waals surface area contributed by atoms with Crippen molar-refractivity contribution in [2.24, 2.45) is 0 Å². The predicted molar refractivity (Wildman–Crippen MR) is 108 cm³/mol. The third-order valence-electron chi connectivity index (χ3n) is 4.69. The second-order valence-corrected chi connectivity index (χ2v) is 7.01. The first kappa shape index (κ1) is 21.1. The van der Waals surface area contributed by atoms with Crippen LogP contribution in [0.15, 0.2) is 53.5 Å². The number of esters is 1. The van der Waals surface area contributed by atoms with E-state index in [0.29, 0.717) is 11.4 Å². The van der Waals surface area contributed by atoms with E-state index in [2.05, 4.69) is 10.3 Å². The fourth-order valence-electron chi connectivity index (χ4n) is 3.13. The maximum absolute atomic E-state index is 14.8. The number of rotatable bonds is 7. The monoisotopic (exact) mass is 442 g/mol. The first-order chi connectivity index (χ1) is 15.4. The molecule has 0 aliphatic carbocycles. The molecule has 1 aliphatic heterocycles. The van der Waals surface area contributed by atoms with Gasteiger partial charge in [0.2, 0.25) is 5.91 Å². The minimum Gasteiger partial charge on any atom is -0.466 e. The zero-order chi connectivity index (χ0) is 22.7. The number of halogens is 1. The highest BCUT2D eigenvalue weighted by Gasteiger charge is 2.32. The first-order valence-corrected chi connectivity index (χ1v) is 9.66. The van der Waals surface area contributed by atoms with Crippen LogP contribution in [-0.4, -0.2) is 46.7 Å². The molecule has 2 amide bonds. The molecule has 1 saturated heterocycles. The molecular formula is C21H19FN4O6. The van der Waals surface area contributed by atoms with Crippen LogP contribution in [0.3, 0.4) is 0 Å². The lowest BCUT2D eigenvalue weighted by Gasteiger charge is -2.14. The summed E-state index contributed by atoms with van der Waals surface area (Å²) in [5.74, 6) is -1.06. The van der Waals surface area contributed by atoms with Crippen molar-refractivity contribution in [3.63, 3.8) is 0 Å². The summed E-state index contributed by atoms with van der Waals surface area (Å²) in [6.07, 6.45) is 2.94. The number of hydrogen-bond donors (Lipinski definition) is 1. The minimum atomic E-state index is -0.679. The zero-order valence-electron chi connectivity index (χ0n) is 17.0. The smallest absolute Gasteiger partial charge is 0.414 e. The van der Waals surface area contributed by atoms with Gasteiger partial charge in [-0.15, -0.1) is 0 Å². The van der Waals surface area contributed by atoms with E-state index in [4.69, 9.17) is 13.9 Å². The molecule has 32 heavy (non-hydrogen) atoms. The summed E-state index contributed by atoms with van der Waals surface area (Å²) < 4.78 is 31.5. The normalized spacial score (nSPS) is 15.5. The Balaban J connectivity index is 1.43. The van der Waals surface area contributed by atoms with Crippen molar-refractivity contribution in [1.82, 2.24) is 14.9 Å². The van der Waals surface area contributed by atoms with Crippen LogP contribution in [0, 0.1) is 5.82 Å². The van der Waals surface area contributed by atoms with E-state index in [-0.39, 0.29) is 37.0 Å². The molecule has 0 unspecified atom stereocenters. The van der Waals surface area contributed by atoms with Crippen LogP contribution in [0.2, 0.25) is 0 Å². The summed E-state index contributed by atoms with van der Waals surface area (Å²) >= 11 is 0. The van der Waals surface area contributed by atoms with Gasteiger partial charge in [-0.3, -0.25) is 9.69 Å². The van der Waals surface area contributed by atoms with Gasteiger partial charge in [-0.25, -0.2) is 19.0 Å². The Morgan fingerprint density at radius 3 is 2.91 bits per heavy atom. The average Bonchev–Trinajstić information content (AvgIpc) is 3.51. The molecule has 10 nitrogen and oxygen atoms in total. The van der Waals surface area contributed by atoms with Crippen molar-refractivity contribution in [3.8, 4) is 5.69 Å². The Morgan fingerprint density at radius 2 is 2.19 bits per heavy atom. The van der Waals surface area contributed by atoms with Gasteiger partial charge in [0, 0.05) is 13.1 Å². The van der Waals surface area contributed by atoms with Gasteiger partial charge in [-0.1, -0.05) is 0 Å². The Hall–Kier alpha value is -4.15. The summed E-state index contributed by atoms with van der Waals surface area (Å²) in [6, 6.07) is 7.54. The number of carbonyl (C=O) groups excluding carboxylic acids is 3. The standard InChI is InChI=1S/C21H19FN4O6/c1-13(27)23-8-16-9-26(21(29)32-16)14-4-5-19(17(22)7-14)25-10-18(24-12-25)20(28)31-11-15-3-2-6-30-15/h2-7,10,12,16H,8-9,11H2,1H3,(H,23,27)/t16-/m0/s1. The Kier molecular flexibility index (Phi) is 5.88. The molecule has 166 valence electrons. The number of carbonyl (C=O) groups is 3. The van der Waals surface area contributed by atoms with Crippen molar-refractivity contribution >= 4 is 23.7 Å². The molecule has 4 rings (SSSR count). The molecule has 0 saturated carbocycles. The lowest BCUT2D eigenvalue weighted by atomic mass is 10.2. The number of benzene rings is 1. The van der Waals surface area contributed by atoms with Gasteiger partial charge in [-0.05, 0) is 30.3 Å². The third-order valence-corrected chi connectivity index (χ3v) is 4.69. The van der Waals surface area contributed by atoms with Gasteiger partial charge in [-0.2, -0.15) is 0 Å². The molecule has 1 atom stereocenters. The molecule has 1 fully saturated rings. The highest BCUT2D eigenvalue weighted by Crippen LogP contribution is 2.25. The number of anilines is 1. The van der Waals surface area contributed by atoms with Gasteiger partial charge < -0.3 is 23.8 Å². The predicted octanol–water partition coefficient (Wildman–Crippen LogP) is 2.42. The number of cyclic esters (lactones) is 1. The Morgan fingerprint density at radius 1 is 1.34 bits per heavy atom. The summed E-state index contributed by atoms with van der Waals surface area (Å²) in [5, 5.41) is 2.58. The highest BCUT2D eigenvalue weighted by atomic mass is 19.1. The SMILES string of the molecule is CC(=O)NC[C@H]1CN(c2ccc(-n3cnc(C(=O)OCc4ccco4)c3)c(F)c2)C(=O)O1. The number of nitrogens with zero attached hydrogens (tertiary/aromatic N) is 3.